The molecular formula is C25H29NO4. The zero-order valence-corrected chi connectivity index (χ0v) is 17.8. The van der Waals surface area contributed by atoms with Gasteiger partial charge in [0.15, 0.2) is 0 Å². The van der Waals surface area contributed by atoms with Crippen LogP contribution in [0.15, 0.2) is 59.0 Å². The van der Waals surface area contributed by atoms with E-state index < -0.39 is 5.97 Å². The highest BCUT2D eigenvalue weighted by atomic mass is 16.5. The van der Waals surface area contributed by atoms with Crippen LogP contribution in [0, 0.1) is 18.8 Å². The molecule has 1 unspecified atom stereocenters. The summed E-state index contributed by atoms with van der Waals surface area (Å²) >= 11 is 0. The smallest absolute Gasteiger partial charge is 0.306 e. The maximum atomic E-state index is 11.5. The minimum Gasteiger partial charge on any atom is -0.493 e. The molecule has 3 rings (SSSR count). The number of aliphatic carboxylic acids is 1. The Morgan fingerprint density at radius 1 is 1.10 bits per heavy atom. The third kappa shape index (κ3) is 5.96. The molecule has 0 aliphatic carbocycles. The molecule has 1 atom stereocenters. The van der Waals surface area contributed by atoms with Gasteiger partial charge in [-0.25, -0.2) is 4.98 Å². The van der Waals surface area contributed by atoms with Crippen molar-refractivity contribution in [2.75, 3.05) is 6.61 Å². The van der Waals surface area contributed by atoms with Gasteiger partial charge >= 0.3 is 5.97 Å². The van der Waals surface area contributed by atoms with Gasteiger partial charge in [0, 0.05) is 12.0 Å². The fraction of sp³-hybridized carbons (Fsp3) is 0.360. The van der Waals surface area contributed by atoms with Crippen LogP contribution in [0.4, 0.5) is 0 Å². The number of hydrogen-bond acceptors (Lipinski definition) is 4. The van der Waals surface area contributed by atoms with Crippen LogP contribution in [-0.4, -0.2) is 22.7 Å². The van der Waals surface area contributed by atoms with Crippen molar-refractivity contribution in [3.63, 3.8) is 0 Å². The lowest BCUT2D eigenvalue weighted by Gasteiger charge is -2.15. The summed E-state index contributed by atoms with van der Waals surface area (Å²) in [6, 6.07) is 17.5. The molecule has 0 radical (unpaired) electrons. The molecule has 5 heteroatoms. The van der Waals surface area contributed by atoms with E-state index in [9.17, 15) is 9.90 Å². The molecule has 1 N–H and O–H groups in total. The van der Waals surface area contributed by atoms with Crippen LogP contribution in [0.25, 0.3) is 11.5 Å². The molecule has 1 aromatic heterocycles. The summed E-state index contributed by atoms with van der Waals surface area (Å²) in [5, 5.41) is 9.42. The van der Waals surface area contributed by atoms with Crippen LogP contribution in [0.1, 0.15) is 37.3 Å². The Kier molecular flexibility index (Phi) is 7.28. The fourth-order valence-corrected chi connectivity index (χ4v) is 3.48. The highest BCUT2D eigenvalue weighted by molar-refractivity contribution is 5.70. The van der Waals surface area contributed by atoms with Gasteiger partial charge in [-0.1, -0.05) is 44.2 Å². The fourth-order valence-electron chi connectivity index (χ4n) is 3.48. The SMILES string of the molecule is Cc1oc(-c2ccccc2)nc1CCOc1ccc(CC(CC(C)C)C(=O)O)cc1. The number of benzene rings is 2. The van der Waals surface area contributed by atoms with Crippen LogP contribution < -0.4 is 4.74 Å². The first-order valence-corrected chi connectivity index (χ1v) is 10.4. The van der Waals surface area contributed by atoms with Crippen molar-refractivity contribution >= 4 is 5.97 Å². The molecule has 0 aliphatic rings. The number of carboxylic acid groups (broad SMARTS) is 1. The van der Waals surface area contributed by atoms with Crippen molar-refractivity contribution in [3.05, 3.63) is 71.6 Å². The Labute approximate surface area is 177 Å². The second-order valence-electron chi connectivity index (χ2n) is 8.00. The minimum absolute atomic E-state index is 0.356. The molecule has 0 fully saturated rings. The molecule has 3 aromatic rings. The predicted octanol–water partition coefficient (Wildman–Crippen LogP) is 5.56. The van der Waals surface area contributed by atoms with E-state index in [4.69, 9.17) is 9.15 Å². The van der Waals surface area contributed by atoms with Gasteiger partial charge in [-0.05, 0) is 55.5 Å². The Morgan fingerprint density at radius 2 is 1.80 bits per heavy atom. The molecule has 0 amide bonds. The molecule has 0 saturated carbocycles. The van der Waals surface area contributed by atoms with Gasteiger partial charge in [0.05, 0.1) is 18.2 Å². The lowest BCUT2D eigenvalue weighted by Crippen LogP contribution is -2.18. The lowest BCUT2D eigenvalue weighted by atomic mass is 9.91. The third-order valence-corrected chi connectivity index (χ3v) is 5.03. The summed E-state index contributed by atoms with van der Waals surface area (Å²) in [5.74, 6) is 1.46. The number of hydrogen-bond donors (Lipinski definition) is 1. The Hall–Kier alpha value is -3.08. The summed E-state index contributed by atoms with van der Waals surface area (Å²) < 4.78 is 11.6. The quantitative estimate of drug-likeness (QED) is 0.476. The second-order valence-corrected chi connectivity index (χ2v) is 8.00. The Balaban J connectivity index is 1.53. The van der Waals surface area contributed by atoms with E-state index in [0.29, 0.717) is 37.7 Å². The molecule has 0 spiro atoms. The molecule has 0 aliphatic heterocycles. The minimum atomic E-state index is -0.734. The van der Waals surface area contributed by atoms with Crippen molar-refractivity contribution in [2.24, 2.45) is 11.8 Å². The normalized spacial score (nSPS) is 12.1. The summed E-state index contributed by atoms with van der Waals surface area (Å²) in [6.45, 7) is 6.50. The number of nitrogens with zero attached hydrogens (tertiary/aromatic N) is 1. The lowest BCUT2D eigenvalue weighted by molar-refractivity contribution is -0.142. The maximum Gasteiger partial charge on any atom is 0.306 e. The van der Waals surface area contributed by atoms with E-state index >= 15 is 0 Å². The molecule has 5 nitrogen and oxygen atoms in total. The average Bonchev–Trinajstić information content (AvgIpc) is 3.10. The first-order valence-electron chi connectivity index (χ1n) is 10.4. The van der Waals surface area contributed by atoms with Crippen LogP contribution in [0.3, 0.4) is 0 Å². The Morgan fingerprint density at radius 3 is 2.43 bits per heavy atom. The zero-order chi connectivity index (χ0) is 21.5. The molecule has 0 saturated heterocycles. The molecule has 0 bridgehead atoms. The summed E-state index contributed by atoms with van der Waals surface area (Å²) in [6.07, 6.45) is 1.86. The Bertz CT molecular complexity index is 945. The van der Waals surface area contributed by atoms with E-state index in [1.165, 1.54) is 0 Å². The van der Waals surface area contributed by atoms with Gasteiger partial charge in [0.2, 0.25) is 5.89 Å². The first kappa shape index (κ1) is 21.6. The van der Waals surface area contributed by atoms with Crippen LogP contribution in [-0.2, 0) is 17.6 Å². The number of carboxylic acids is 1. The number of rotatable bonds is 10. The van der Waals surface area contributed by atoms with Crippen LogP contribution in [0.5, 0.6) is 5.75 Å². The van der Waals surface area contributed by atoms with E-state index in [1.54, 1.807) is 0 Å². The highest BCUT2D eigenvalue weighted by Gasteiger charge is 2.19. The number of carbonyl (C=O) groups is 1. The van der Waals surface area contributed by atoms with E-state index in [2.05, 4.69) is 4.98 Å². The van der Waals surface area contributed by atoms with Crippen molar-refractivity contribution in [2.45, 2.75) is 40.0 Å². The highest BCUT2D eigenvalue weighted by Crippen LogP contribution is 2.23. The predicted molar refractivity (Wildman–Crippen MR) is 117 cm³/mol. The monoisotopic (exact) mass is 407 g/mol. The average molecular weight is 408 g/mol. The van der Waals surface area contributed by atoms with Gasteiger partial charge < -0.3 is 14.3 Å². The maximum absolute atomic E-state index is 11.5. The number of ether oxygens (including phenoxy) is 1. The van der Waals surface area contributed by atoms with E-state index in [0.717, 1.165) is 28.3 Å². The van der Waals surface area contributed by atoms with Gasteiger partial charge in [-0.2, -0.15) is 0 Å². The largest absolute Gasteiger partial charge is 0.493 e. The van der Waals surface area contributed by atoms with Crippen molar-refractivity contribution in [1.82, 2.24) is 4.98 Å². The first-order chi connectivity index (χ1) is 14.4. The number of aryl methyl sites for hydroxylation is 1. The van der Waals surface area contributed by atoms with E-state index in [1.807, 2.05) is 75.4 Å². The summed E-state index contributed by atoms with van der Waals surface area (Å²) in [5.41, 5.74) is 2.86. The van der Waals surface area contributed by atoms with Gasteiger partial charge in [-0.15, -0.1) is 0 Å². The van der Waals surface area contributed by atoms with Crippen molar-refractivity contribution in [1.29, 1.82) is 0 Å². The molecule has 158 valence electrons. The standard InChI is InChI=1S/C25H29NO4/c1-17(2)15-21(25(27)28)16-19-9-11-22(12-10-19)29-14-13-23-18(3)30-24(26-23)20-7-5-4-6-8-20/h4-12,17,21H,13-16H2,1-3H3,(H,27,28). The molecule has 30 heavy (non-hydrogen) atoms. The third-order valence-electron chi connectivity index (χ3n) is 5.03. The van der Waals surface area contributed by atoms with E-state index in [-0.39, 0.29) is 5.92 Å². The zero-order valence-electron chi connectivity index (χ0n) is 17.8. The molecule has 2 aromatic carbocycles. The van der Waals surface area contributed by atoms with Gasteiger partial charge in [-0.3, -0.25) is 4.79 Å². The van der Waals surface area contributed by atoms with Crippen LogP contribution >= 0.6 is 0 Å². The van der Waals surface area contributed by atoms with Crippen molar-refractivity contribution < 1.29 is 19.1 Å². The van der Waals surface area contributed by atoms with Crippen LogP contribution in [0.2, 0.25) is 0 Å². The summed E-state index contributed by atoms with van der Waals surface area (Å²) in [7, 11) is 0. The second kappa shape index (κ2) is 10.1. The number of oxazole rings is 1. The van der Waals surface area contributed by atoms with Gasteiger partial charge in [0.1, 0.15) is 11.5 Å². The van der Waals surface area contributed by atoms with Gasteiger partial charge in [0.25, 0.3) is 0 Å². The van der Waals surface area contributed by atoms with Crippen molar-refractivity contribution in [3.8, 4) is 17.2 Å². The topological polar surface area (TPSA) is 72.6 Å². The molecule has 1 heterocycles. The summed E-state index contributed by atoms with van der Waals surface area (Å²) in [4.78, 5) is 16.1. The number of aromatic nitrogens is 1. The molecular weight excluding hydrogens is 378 g/mol.